The molecule has 2 rings (SSSR count). The summed E-state index contributed by atoms with van der Waals surface area (Å²) in [6.07, 6.45) is 5.07. The average molecular weight is 495 g/mol. The van der Waals surface area contributed by atoms with E-state index in [0.29, 0.717) is 18.3 Å². The standard InChI is InChI=1S/C19H37N5O2.HI/c1-3-21-19(24-8-4-5-17(15-24)13-18(20)25)22-14-16-6-9-23(10-7-16)11-12-26-2;/h16-17H,3-15H2,1-2H3,(H2,20,25)(H,21,22);1H. The summed E-state index contributed by atoms with van der Waals surface area (Å²) in [5, 5.41) is 3.44. The number of likely N-dealkylation sites (tertiary alicyclic amines) is 2. The van der Waals surface area contributed by atoms with Crippen molar-refractivity contribution in [3.05, 3.63) is 0 Å². The fourth-order valence-corrected chi connectivity index (χ4v) is 3.96. The molecule has 2 fully saturated rings. The molecule has 0 aromatic rings. The number of guanidine groups is 1. The molecule has 8 heteroatoms. The van der Waals surface area contributed by atoms with Gasteiger partial charge in [0.2, 0.25) is 5.91 Å². The highest BCUT2D eigenvalue weighted by Gasteiger charge is 2.24. The molecule has 1 atom stereocenters. The molecular weight excluding hydrogens is 457 g/mol. The molecule has 3 N–H and O–H groups in total. The molecule has 0 bridgehead atoms. The first-order valence-electron chi connectivity index (χ1n) is 10.1. The van der Waals surface area contributed by atoms with Gasteiger partial charge in [0.05, 0.1) is 6.61 Å². The maximum absolute atomic E-state index is 11.2. The van der Waals surface area contributed by atoms with E-state index in [1.165, 1.54) is 12.8 Å². The number of amides is 1. The lowest BCUT2D eigenvalue weighted by Crippen LogP contribution is -2.47. The van der Waals surface area contributed by atoms with Crippen LogP contribution in [-0.4, -0.2) is 81.2 Å². The third-order valence-corrected chi connectivity index (χ3v) is 5.46. The molecule has 0 radical (unpaired) electrons. The third-order valence-electron chi connectivity index (χ3n) is 5.46. The Bertz CT molecular complexity index is 455. The molecule has 0 aromatic carbocycles. The predicted octanol–water partition coefficient (Wildman–Crippen LogP) is 1.52. The van der Waals surface area contributed by atoms with Crippen LogP contribution in [0.5, 0.6) is 0 Å². The average Bonchev–Trinajstić information content (AvgIpc) is 2.64. The Morgan fingerprint density at radius 1 is 1.22 bits per heavy atom. The number of hydrogen-bond acceptors (Lipinski definition) is 4. The van der Waals surface area contributed by atoms with Crippen LogP contribution in [0.15, 0.2) is 4.99 Å². The van der Waals surface area contributed by atoms with Crippen LogP contribution in [0, 0.1) is 11.8 Å². The van der Waals surface area contributed by atoms with Crippen LogP contribution in [0.2, 0.25) is 0 Å². The van der Waals surface area contributed by atoms with Crippen LogP contribution >= 0.6 is 24.0 Å². The fraction of sp³-hybridized carbons (Fsp3) is 0.895. The summed E-state index contributed by atoms with van der Waals surface area (Å²) in [6, 6.07) is 0. The highest BCUT2D eigenvalue weighted by molar-refractivity contribution is 14.0. The number of hydrogen-bond donors (Lipinski definition) is 2. The Hall–Kier alpha value is -0.610. The first kappa shape index (κ1) is 24.4. The first-order valence-corrected chi connectivity index (χ1v) is 10.1. The molecule has 158 valence electrons. The number of aliphatic imine (C=N–C) groups is 1. The molecule has 2 aliphatic rings. The van der Waals surface area contributed by atoms with Crippen LogP contribution < -0.4 is 11.1 Å². The minimum absolute atomic E-state index is 0. The Morgan fingerprint density at radius 2 is 1.96 bits per heavy atom. The fourth-order valence-electron chi connectivity index (χ4n) is 3.96. The number of piperidine rings is 2. The Balaban J connectivity index is 0.00000364. The van der Waals surface area contributed by atoms with Crippen molar-refractivity contribution < 1.29 is 9.53 Å². The predicted molar refractivity (Wildman–Crippen MR) is 121 cm³/mol. The summed E-state index contributed by atoms with van der Waals surface area (Å²) >= 11 is 0. The number of nitrogens with two attached hydrogens (primary N) is 1. The zero-order valence-electron chi connectivity index (χ0n) is 17.0. The number of halogens is 1. The van der Waals surface area contributed by atoms with Gasteiger partial charge in [-0.2, -0.15) is 0 Å². The monoisotopic (exact) mass is 495 g/mol. The summed E-state index contributed by atoms with van der Waals surface area (Å²) in [5.41, 5.74) is 5.39. The minimum atomic E-state index is -0.195. The van der Waals surface area contributed by atoms with Crippen molar-refractivity contribution in [2.24, 2.45) is 22.6 Å². The highest BCUT2D eigenvalue weighted by atomic mass is 127. The van der Waals surface area contributed by atoms with E-state index in [1.807, 2.05) is 0 Å². The van der Waals surface area contributed by atoms with Gasteiger partial charge in [-0.05, 0) is 57.5 Å². The van der Waals surface area contributed by atoms with Gasteiger partial charge >= 0.3 is 0 Å². The normalized spacial score (nSPS) is 22.4. The van der Waals surface area contributed by atoms with Crippen molar-refractivity contribution in [1.29, 1.82) is 0 Å². The number of nitrogens with zero attached hydrogens (tertiary/aromatic N) is 3. The molecule has 0 saturated carbocycles. The second-order valence-electron chi connectivity index (χ2n) is 7.60. The lowest BCUT2D eigenvalue weighted by molar-refractivity contribution is -0.119. The van der Waals surface area contributed by atoms with Crippen LogP contribution in [0.25, 0.3) is 0 Å². The van der Waals surface area contributed by atoms with Gasteiger partial charge < -0.3 is 25.6 Å². The number of nitrogens with one attached hydrogen (secondary N) is 1. The van der Waals surface area contributed by atoms with E-state index >= 15 is 0 Å². The van der Waals surface area contributed by atoms with E-state index in [4.69, 9.17) is 15.5 Å². The lowest BCUT2D eigenvalue weighted by atomic mass is 9.94. The van der Waals surface area contributed by atoms with Gasteiger partial charge in [0.15, 0.2) is 5.96 Å². The number of rotatable bonds is 8. The molecule has 1 unspecified atom stereocenters. The van der Waals surface area contributed by atoms with E-state index in [-0.39, 0.29) is 29.9 Å². The van der Waals surface area contributed by atoms with E-state index in [1.54, 1.807) is 7.11 Å². The van der Waals surface area contributed by atoms with Gasteiger partial charge in [-0.1, -0.05) is 0 Å². The topological polar surface area (TPSA) is 83.2 Å². The van der Waals surface area contributed by atoms with Gasteiger partial charge in [0.25, 0.3) is 0 Å². The van der Waals surface area contributed by atoms with Crippen molar-refractivity contribution in [2.45, 2.75) is 39.0 Å². The summed E-state index contributed by atoms with van der Waals surface area (Å²) in [7, 11) is 1.76. The van der Waals surface area contributed by atoms with Gasteiger partial charge in [-0.25, -0.2) is 0 Å². The van der Waals surface area contributed by atoms with Crippen LogP contribution in [0.4, 0.5) is 0 Å². The Labute approximate surface area is 181 Å². The molecule has 27 heavy (non-hydrogen) atoms. The second-order valence-corrected chi connectivity index (χ2v) is 7.60. The maximum atomic E-state index is 11.2. The van der Waals surface area contributed by atoms with Gasteiger partial charge in [0, 0.05) is 46.3 Å². The van der Waals surface area contributed by atoms with Crippen molar-refractivity contribution in [1.82, 2.24) is 15.1 Å². The molecule has 0 aliphatic carbocycles. The molecule has 1 amide bonds. The summed E-state index contributed by atoms with van der Waals surface area (Å²) in [4.78, 5) is 21.0. The molecular formula is C19H38IN5O2. The minimum Gasteiger partial charge on any atom is -0.383 e. The van der Waals surface area contributed by atoms with E-state index in [2.05, 4.69) is 22.0 Å². The molecule has 7 nitrogen and oxygen atoms in total. The quantitative estimate of drug-likeness (QED) is 0.303. The number of primary amides is 1. The SMILES string of the molecule is CCNC(=NCC1CCN(CCOC)CC1)N1CCCC(CC(N)=O)C1.I. The third kappa shape index (κ3) is 8.95. The number of carbonyl (C=O) groups is 1. The lowest BCUT2D eigenvalue weighted by Gasteiger charge is -2.35. The second kappa shape index (κ2) is 13.5. The summed E-state index contributed by atoms with van der Waals surface area (Å²) in [6.45, 7) is 9.88. The smallest absolute Gasteiger partial charge is 0.217 e. The zero-order valence-corrected chi connectivity index (χ0v) is 19.3. The molecule has 2 heterocycles. The van der Waals surface area contributed by atoms with Crippen LogP contribution in [-0.2, 0) is 9.53 Å². The Morgan fingerprint density at radius 3 is 2.59 bits per heavy atom. The molecule has 2 saturated heterocycles. The number of carbonyl (C=O) groups excluding carboxylic acids is 1. The largest absolute Gasteiger partial charge is 0.383 e. The van der Waals surface area contributed by atoms with Crippen LogP contribution in [0.1, 0.15) is 39.0 Å². The molecule has 0 aromatic heterocycles. The van der Waals surface area contributed by atoms with E-state index < -0.39 is 0 Å². The van der Waals surface area contributed by atoms with E-state index in [9.17, 15) is 4.79 Å². The van der Waals surface area contributed by atoms with Gasteiger partial charge in [0.1, 0.15) is 0 Å². The van der Waals surface area contributed by atoms with Crippen molar-refractivity contribution >= 4 is 35.8 Å². The van der Waals surface area contributed by atoms with Crippen molar-refractivity contribution in [3.8, 4) is 0 Å². The van der Waals surface area contributed by atoms with Crippen molar-refractivity contribution in [3.63, 3.8) is 0 Å². The molecule has 2 aliphatic heterocycles. The summed E-state index contributed by atoms with van der Waals surface area (Å²) in [5.74, 6) is 1.82. The number of ether oxygens (including phenoxy) is 1. The van der Waals surface area contributed by atoms with Gasteiger partial charge in [-0.3, -0.25) is 9.79 Å². The first-order chi connectivity index (χ1) is 12.6. The Kier molecular flexibility index (Phi) is 12.3. The maximum Gasteiger partial charge on any atom is 0.217 e. The molecule has 0 spiro atoms. The van der Waals surface area contributed by atoms with E-state index in [0.717, 1.165) is 71.2 Å². The van der Waals surface area contributed by atoms with Crippen molar-refractivity contribution in [2.75, 3.05) is 59.5 Å². The highest BCUT2D eigenvalue weighted by Crippen LogP contribution is 2.20. The zero-order chi connectivity index (χ0) is 18.8. The van der Waals surface area contributed by atoms with Crippen LogP contribution in [0.3, 0.4) is 0 Å². The van der Waals surface area contributed by atoms with Gasteiger partial charge in [-0.15, -0.1) is 24.0 Å². The number of methoxy groups -OCH3 is 1. The summed E-state index contributed by atoms with van der Waals surface area (Å²) < 4.78 is 5.17.